The maximum atomic E-state index is 12.5. The van der Waals surface area contributed by atoms with Gasteiger partial charge in [-0.2, -0.15) is 0 Å². The van der Waals surface area contributed by atoms with Crippen LogP contribution in [0.25, 0.3) is 0 Å². The van der Waals surface area contributed by atoms with E-state index >= 15 is 0 Å². The number of halogens is 4. The molecule has 1 rings (SSSR count). The molecule has 0 atom stereocenters. The first kappa shape index (κ1) is 11.6. The topological polar surface area (TPSA) is 33.1 Å². The van der Waals surface area contributed by atoms with E-state index in [1.165, 1.54) is 6.20 Å². The van der Waals surface area contributed by atoms with E-state index in [-0.39, 0.29) is 28.8 Å². The molecule has 78 valence electrons. The Morgan fingerprint density at radius 1 is 1.50 bits per heavy atom. The van der Waals surface area contributed by atoms with Crippen LogP contribution in [-0.4, -0.2) is 10.1 Å². The molecule has 0 aromatic carbocycles. The average Bonchev–Trinajstić information content (AvgIpc) is 2.16. The fourth-order valence-corrected chi connectivity index (χ4v) is 1.66. The second-order valence-corrected chi connectivity index (χ2v) is 3.18. The normalized spacial score (nSPS) is 11.0. The van der Waals surface area contributed by atoms with Crippen LogP contribution in [0.2, 0.25) is 5.15 Å². The van der Waals surface area contributed by atoms with Gasteiger partial charge >= 0.3 is 0 Å². The van der Waals surface area contributed by atoms with Crippen molar-refractivity contribution in [2.45, 2.75) is 18.9 Å². The summed E-state index contributed by atoms with van der Waals surface area (Å²) < 4.78 is 25.1. The van der Waals surface area contributed by atoms with E-state index in [1.807, 2.05) is 0 Å². The highest BCUT2D eigenvalue weighted by Crippen LogP contribution is 2.31. The van der Waals surface area contributed by atoms with Gasteiger partial charge in [-0.15, -0.1) is 11.6 Å². The summed E-state index contributed by atoms with van der Waals surface area (Å²) in [5.41, 5.74) is 0.0390. The fourth-order valence-electron chi connectivity index (χ4n) is 1.10. The van der Waals surface area contributed by atoms with Crippen LogP contribution >= 0.6 is 23.2 Å². The van der Waals surface area contributed by atoms with Gasteiger partial charge < -0.3 is 5.11 Å². The monoisotopic (exact) mass is 241 g/mol. The Kier molecular flexibility index (Phi) is 4.04. The van der Waals surface area contributed by atoms with Gasteiger partial charge in [0.25, 0.3) is 6.43 Å². The Hall–Kier alpha value is -0.450. The van der Waals surface area contributed by atoms with Crippen molar-refractivity contribution in [2.24, 2.45) is 0 Å². The molecule has 0 spiro atoms. The second kappa shape index (κ2) is 4.87. The van der Waals surface area contributed by atoms with E-state index < -0.39 is 12.0 Å². The highest BCUT2D eigenvalue weighted by Gasteiger charge is 2.20. The molecule has 0 radical (unpaired) electrons. The number of nitrogens with zero attached hydrogens (tertiary/aromatic N) is 1. The Bertz CT molecular complexity index is 333. The third-order valence-corrected chi connectivity index (χ3v) is 2.36. The lowest BCUT2D eigenvalue weighted by Gasteiger charge is -2.11. The van der Waals surface area contributed by atoms with Crippen LogP contribution < -0.4 is 0 Å². The molecule has 0 aliphatic rings. The molecule has 0 aliphatic carbocycles. The summed E-state index contributed by atoms with van der Waals surface area (Å²) in [6, 6.07) is 0. The molecular formula is C8H7Cl2F2NO. The van der Waals surface area contributed by atoms with E-state index in [9.17, 15) is 8.78 Å². The highest BCUT2D eigenvalue weighted by atomic mass is 35.5. The number of rotatable bonds is 3. The number of aliphatic hydroxyl groups excluding tert-OH is 1. The first-order chi connectivity index (χ1) is 6.61. The molecular weight excluding hydrogens is 235 g/mol. The van der Waals surface area contributed by atoms with Gasteiger partial charge in [-0.1, -0.05) is 11.6 Å². The van der Waals surface area contributed by atoms with Gasteiger partial charge in [0.15, 0.2) is 0 Å². The predicted molar refractivity (Wildman–Crippen MR) is 49.7 cm³/mol. The zero-order valence-electron chi connectivity index (χ0n) is 6.98. The molecule has 0 saturated carbocycles. The van der Waals surface area contributed by atoms with E-state index in [4.69, 9.17) is 28.3 Å². The van der Waals surface area contributed by atoms with Crippen LogP contribution in [0.15, 0.2) is 6.20 Å². The molecule has 14 heavy (non-hydrogen) atoms. The smallest absolute Gasteiger partial charge is 0.267 e. The van der Waals surface area contributed by atoms with Crippen molar-refractivity contribution in [2.75, 3.05) is 0 Å². The molecule has 6 heteroatoms. The summed E-state index contributed by atoms with van der Waals surface area (Å²) in [7, 11) is 0. The van der Waals surface area contributed by atoms with Gasteiger partial charge in [0.1, 0.15) is 5.15 Å². The maximum Gasteiger partial charge on any atom is 0.267 e. The first-order valence-corrected chi connectivity index (χ1v) is 4.64. The molecule has 0 unspecified atom stereocenters. The van der Waals surface area contributed by atoms with Gasteiger partial charge in [0, 0.05) is 17.6 Å². The van der Waals surface area contributed by atoms with Crippen LogP contribution in [0.4, 0.5) is 8.78 Å². The molecule has 0 amide bonds. The predicted octanol–water partition coefficient (Wildman–Crippen LogP) is 2.90. The van der Waals surface area contributed by atoms with Crippen molar-refractivity contribution in [3.8, 4) is 0 Å². The maximum absolute atomic E-state index is 12.5. The molecule has 0 saturated heterocycles. The summed E-state index contributed by atoms with van der Waals surface area (Å²) in [6.45, 7) is -0.383. The van der Waals surface area contributed by atoms with Crippen molar-refractivity contribution in [1.82, 2.24) is 4.98 Å². The van der Waals surface area contributed by atoms with Crippen LogP contribution in [0.3, 0.4) is 0 Å². The van der Waals surface area contributed by atoms with E-state index in [2.05, 4.69) is 4.98 Å². The molecule has 1 heterocycles. The van der Waals surface area contributed by atoms with Crippen LogP contribution in [-0.2, 0) is 12.5 Å². The summed E-state index contributed by atoms with van der Waals surface area (Å²) in [5.74, 6) is -0.127. The van der Waals surface area contributed by atoms with Gasteiger partial charge in [0.05, 0.1) is 12.2 Å². The number of hydrogen-bond donors (Lipinski definition) is 1. The van der Waals surface area contributed by atoms with Gasteiger partial charge in [0.2, 0.25) is 0 Å². The molecule has 2 nitrogen and oxygen atoms in total. The van der Waals surface area contributed by atoms with E-state index in [0.717, 1.165) is 0 Å². The van der Waals surface area contributed by atoms with Crippen molar-refractivity contribution in [3.63, 3.8) is 0 Å². The third-order valence-electron chi connectivity index (χ3n) is 1.79. The van der Waals surface area contributed by atoms with E-state index in [1.54, 1.807) is 0 Å². The van der Waals surface area contributed by atoms with Crippen molar-refractivity contribution >= 4 is 23.2 Å². The summed E-state index contributed by atoms with van der Waals surface area (Å²) in [4.78, 5) is 3.55. The second-order valence-electron chi connectivity index (χ2n) is 2.56. The molecule has 0 fully saturated rings. The van der Waals surface area contributed by atoms with E-state index in [0.29, 0.717) is 0 Å². The van der Waals surface area contributed by atoms with Crippen LogP contribution in [0, 0.1) is 0 Å². The summed E-state index contributed by atoms with van der Waals surface area (Å²) in [6.07, 6.45) is -1.50. The molecule has 1 aromatic heterocycles. The molecule has 0 bridgehead atoms. The molecule has 1 N–H and O–H groups in total. The Morgan fingerprint density at radius 3 is 2.57 bits per heavy atom. The number of aromatic nitrogens is 1. The quantitative estimate of drug-likeness (QED) is 0.652. The zero-order chi connectivity index (χ0) is 10.7. The Morgan fingerprint density at radius 2 is 2.14 bits per heavy atom. The Balaban J connectivity index is 3.35. The molecule has 1 aromatic rings. The average molecular weight is 242 g/mol. The highest BCUT2D eigenvalue weighted by molar-refractivity contribution is 6.30. The van der Waals surface area contributed by atoms with Gasteiger partial charge in [-0.25, -0.2) is 13.8 Å². The SMILES string of the molecule is OCc1cnc(Cl)c(C(F)F)c1CCl. The summed E-state index contributed by atoms with van der Waals surface area (Å²) in [5, 5.41) is 8.59. The lowest BCUT2D eigenvalue weighted by atomic mass is 10.1. The van der Waals surface area contributed by atoms with Crippen molar-refractivity contribution in [3.05, 3.63) is 28.0 Å². The lowest BCUT2D eigenvalue weighted by molar-refractivity contribution is 0.149. The molecule has 0 aliphatic heterocycles. The number of aliphatic hydroxyl groups is 1. The van der Waals surface area contributed by atoms with Crippen molar-refractivity contribution < 1.29 is 13.9 Å². The number of alkyl halides is 3. The largest absolute Gasteiger partial charge is 0.392 e. The third kappa shape index (κ3) is 2.13. The number of pyridine rings is 1. The van der Waals surface area contributed by atoms with Gasteiger partial charge in [-0.3, -0.25) is 0 Å². The first-order valence-electron chi connectivity index (χ1n) is 3.73. The fraction of sp³-hybridized carbons (Fsp3) is 0.375. The van der Waals surface area contributed by atoms with Crippen LogP contribution in [0.1, 0.15) is 23.1 Å². The standard InChI is InChI=1S/C8H7Cl2F2NO/c9-1-5-4(3-14)2-13-7(10)6(5)8(11)12/h2,8,14H,1,3H2. The number of hydrogen-bond acceptors (Lipinski definition) is 2. The van der Waals surface area contributed by atoms with Crippen molar-refractivity contribution in [1.29, 1.82) is 0 Å². The Labute approximate surface area is 89.5 Å². The van der Waals surface area contributed by atoms with Gasteiger partial charge in [-0.05, 0) is 5.56 Å². The van der Waals surface area contributed by atoms with Crippen LogP contribution in [0.5, 0.6) is 0 Å². The lowest BCUT2D eigenvalue weighted by Crippen LogP contribution is -2.02. The minimum Gasteiger partial charge on any atom is -0.392 e. The zero-order valence-corrected chi connectivity index (χ0v) is 8.49. The minimum atomic E-state index is -2.74. The summed E-state index contributed by atoms with van der Waals surface area (Å²) >= 11 is 11.0. The minimum absolute atomic E-state index is 0.127.